The highest BCUT2D eigenvalue weighted by Crippen LogP contribution is 2.39. The molecule has 0 aliphatic heterocycles. The van der Waals surface area contributed by atoms with Gasteiger partial charge >= 0.3 is 0 Å². The molecule has 7 nitrogen and oxygen atoms in total. The number of methoxy groups -OCH3 is 1. The predicted octanol–water partition coefficient (Wildman–Crippen LogP) is 1.63. The summed E-state index contributed by atoms with van der Waals surface area (Å²) in [7, 11) is 1.58. The van der Waals surface area contributed by atoms with Gasteiger partial charge in [0.1, 0.15) is 15.5 Å². The number of benzene rings is 1. The van der Waals surface area contributed by atoms with Crippen molar-refractivity contribution in [3.8, 4) is 17.0 Å². The fourth-order valence-corrected chi connectivity index (χ4v) is 3.15. The van der Waals surface area contributed by atoms with Crippen LogP contribution in [-0.2, 0) is 0 Å². The van der Waals surface area contributed by atoms with Gasteiger partial charge in [0, 0.05) is 5.56 Å². The number of nitrogens with zero attached hydrogens (tertiary/aromatic N) is 2. The maximum Gasteiger partial charge on any atom is 0.260 e. The molecule has 3 aromatic rings. The van der Waals surface area contributed by atoms with E-state index in [0.717, 1.165) is 16.9 Å². The fourth-order valence-electron chi connectivity index (χ4n) is 2.20. The van der Waals surface area contributed by atoms with Crippen LogP contribution in [0.5, 0.6) is 5.75 Å². The Morgan fingerprint density at radius 1 is 1.27 bits per heavy atom. The molecular weight excluding hydrogens is 302 g/mol. The summed E-state index contributed by atoms with van der Waals surface area (Å²) in [6.07, 6.45) is 0. The zero-order valence-electron chi connectivity index (χ0n) is 11.7. The number of amides is 1. The largest absolute Gasteiger partial charge is 0.497 e. The van der Waals surface area contributed by atoms with Gasteiger partial charge in [0.2, 0.25) is 5.95 Å². The number of carbonyl (C=O) groups excluding carboxylic acids is 1. The lowest BCUT2D eigenvalue weighted by Crippen LogP contribution is -2.10. The van der Waals surface area contributed by atoms with E-state index in [1.165, 1.54) is 0 Å². The van der Waals surface area contributed by atoms with E-state index in [-0.39, 0.29) is 16.5 Å². The van der Waals surface area contributed by atoms with Crippen molar-refractivity contribution in [2.75, 3.05) is 18.6 Å². The van der Waals surface area contributed by atoms with Gasteiger partial charge in [0.15, 0.2) is 0 Å². The van der Waals surface area contributed by atoms with Gasteiger partial charge in [-0.15, -0.1) is 11.3 Å². The van der Waals surface area contributed by atoms with Crippen molar-refractivity contribution >= 4 is 39.1 Å². The Kier molecular flexibility index (Phi) is 3.30. The number of aromatic nitrogens is 2. The van der Waals surface area contributed by atoms with Crippen molar-refractivity contribution in [3.05, 3.63) is 29.1 Å². The Morgan fingerprint density at radius 2 is 2.05 bits per heavy atom. The van der Waals surface area contributed by atoms with E-state index in [2.05, 4.69) is 9.97 Å². The first-order valence-electron chi connectivity index (χ1n) is 6.31. The van der Waals surface area contributed by atoms with Gasteiger partial charge in [0.25, 0.3) is 5.91 Å². The number of rotatable bonds is 3. The zero-order valence-corrected chi connectivity index (χ0v) is 12.5. The molecule has 0 saturated carbocycles. The van der Waals surface area contributed by atoms with Crippen LogP contribution >= 0.6 is 11.3 Å². The van der Waals surface area contributed by atoms with Crippen molar-refractivity contribution < 1.29 is 9.53 Å². The summed E-state index contributed by atoms with van der Waals surface area (Å²) in [5.41, 5.74) is 18.7. The first-order chi connectivity index (χ1) is 10.5. The third-order valence-electron chi connectivity index (χ3n) is 3.17. The van der Waals surface area contributed by atoms with E-state index in [1.807, 2.05) is 24.3 Å². The molecule has 6 N–H and O–H groups in total. The SMILES string of the molecule is COc1cccc(-c2nc(N)nc3sc(C(N)=O)c(N)c23)c1. The van der Waals surface area contributed by atoms with Gasteiger partial charge < -0.3 is 21.9 Å². The maximum absolute atomic E-state index is 11.5. The molecule has 2 aromatic heterocycles. The molecule has 0 fully saturated rings. The molecular formula is C14H13N5O2S. The molecule has 0 bridgehead atoms. The second kappa shape index (κ2) is 5.15. The minimum Gasteiger partial charge on any atom is -0.497 e. The smallest absolute Gasteiger partial charge is 0.260 e. The van der Waals surface area contributed by atoms with Crippen LogP contribution in [0, 0.1) is 0 Å². The van der Waals surface area contributed by atoms with Crippen molar-refractivity contribution in [2.24, 2.45) is 5.73 Å². The molecule has 8 heteroatoms. The zero-order chi connectivity index (χ0) is 15.9. The Hall–Kier alpha value is -2.87. The second-order valence-corrected chi connectivity index (χ2v) is 5.55. The monoisotopic (exact) mass is 315 g/mol. The molecule has 0 saturated heterocycles. The van der Waals surface area contributed by atoms with Crippen LogP contribution in [0.1, 0.15) is 9.67 Å². The topological polar surface area (TPSA) is 130 Å². The van der Waals surface area contributed by atoms with Crippen LogP contribution in [0.2, 0.25) is 0 Å². The molecule has 2 heterocycles. The van der Waals surface area contributed by atoms with E-state index >= 15 is 0 Å². The summed E-state index contributed by atoms with van der Waals surface area (Å²) in [4.78, 5) is 20.7. The van der Waals surface area contributed by atoms with Gasteiger partial charge in [-0.3, -0.25) is 4.79 Å². The van der Waals surface area contributed by atoms with E-state index in [0.29, 0.717) is 21.7 Å². The molecule has 1 amide bonds. The highest BCUT2D eigenvalue weighted by atomic mass is 32.1. The van der Waals surface area contributed by atoms with Gasteiger partial charge in [-0.25, -0.2) is 9.97 Å². The van der Waals surface area contributed by atoms with E-state index in [9.17, 15) is 4.79 Å². The Bertz CT molecular complexity index is 890. The molecule has 1 aromatic carbocycles. The molecule has 0 spiro atoms. The number of thiophene rings is 1. The number of nitrogens with two attached hydrogens (primary N) is 3. The number of carbonyl (C=O) groups is 1. The third kappa shape index (κ3) is 2.19. The van der Waals surface area contributed by atoms with Crippen LogP contribution in [0.3, 0.4) is 0 Å². The number of hydrogen-bond donors (Lipinski definition) is 3. The van der Waals surface area contributed by atoms with E-state index in [1.54, 1.807) is 7.11 Å². The van der Waals surface area contributed by atoms with Gasteiger partial charge in [-0.1, -0.05) is 12.1 Å². The van der Waals surface area contributed by atoms with Gasteiger partial charge in [-0.2, -0.15) is 0 Å². The molecule has 0 aliphatic rings. The average molecular weight is 315 g/mol. The lowest BCUT2D eigenvalue weighted by Gasteiger charge is -2.07. The summed E-state index contributed by atoms with van der Waals surface area (Å²) in [6.45, 7) is 0. The van der Waals surface area contributed by atoms with Crippen molar-refractivity contribution in [1.29, 1.82) is 0 Å². The first-order valence-corrected chi connectivity index (χ1v) is 7.12. The molecule has 112 valence electrons. The maximum atomic E-state index is 11.5. The Morgan fingerprint density at radius 3 is 2.73 bits per heavy atom. The molecule has 0 atom stereocenters. The molecule has 0 aliphatic carbocycles. The number of ether oxygens (including phenoxy) is 1. The number of anilines is 2. The van der Waals surface area contributed by atoms with Crippen LogP contribution in [0.15, 0.2) is 24.3 Å². The highest BCUT2D eigenvalue weighted by Gasteiger charge is 2.20. The lowest BCUT2D eigenvalue weighted by molar-refractivity contribution is 0.100. The number of hydrogen-bond acceptors (Lipinski definition) is 7. The van der Waals surface area contributed by atoms with Crippen LogP contribution in [0.4, 0.5) is 11.6 Å². The average Bonchev–Trinajstić information content (AvgIpc) is 2.83. The summed E-state index contributed by atoms with van der Waals surface area (Å²) in [5, 5.41) is 0.571. The normalized spacial score (nSPS) is 10.8. The minimum atomic E-state index is -0.601. The van der Waals surface area contributed by atoms with Gasteiger partial charge in [-0.05, 0) is 12.1 Å². The second-order valence-electron chi connectivity index (χ2n) is 4.55. The molecule has 0 radical (unpaired) electrons. The third-order valence-corrected chi connectivity index (χ3v) is 4.29. The van der Waals surface area contributed by atoms with Gasteiger partial charge in [0.05, 0.1) is 23.9 Å². The Balaban J connectivity index is 2.35. The van der Waals surface area contributed by atoms with Crippen molar-refractivity contribution in [1.82, 2.24) is 9.97 Å². The summed E-state index contributed by atoms with van der Waals surface area (Å²) in [6, 6.07) is 7.31. The minimum absolute atomic E-state index is 0.0996. The number of nitrogen functional groups attached to an aromatic ring is 2. The van der Waals surface area contributed by atoms with E-state index in [4.69, 9.17) is 21.9 Å². The lowest BCUT2D eigenvalue weighted by atomic mass is 10.1. The van der Waals surface area contributed by atoms with Crippen LogP contribution < -0.4 is 21.9 Å². The van der Waals surface area contributed by atoms with E-state index < -0.39 is 5.91 Å². The Labute approximate surface area is 129 Å². The summed E-state index contributed by atoms with van der Waals surface area (Å²) >= 11 is 1.10. The fraction of sp³-hybridized carbons (Fsp3) is 0.0714. The first kappa shape index (κ1) is 14.1. The summed E-state index contributed by atoms with van der Waals surface area (Å²) < 4.78 is 5.21. The predicted molar refractivity (Wildman–Crippen MR) is 86.7 cm³/mol. The molecule has 3 rings (SSSR count). The molecule has 0 unspecified atom stereocenters. The highest BCUT2D eigenvalue weighted by molar-refractivity contribution is 7.21. The van der Waals surface area contributed by atoms with Crippen molar-refractivity contribution in [3.63, 3.8) is 0 Å². The van der Waals surface area contributed by atoms with Crippen LogP contribution in [-0.4, -0.2) is 23.0 Å². The quantitative estimate of drug-likeness (QED) is 0.673. The van der Waals surface area contributed by atoms with Crippen LogP contribution in [0.25, 0.3) is 21.5 Å². The number of fused-ring (bicyclic) bond motifs is 1. The summed E-state index contributed by atoms with van der Waals surface area (Å²) in [5.74, 6) is 0.171. The standard InChI is InChI=1S/C14H13N5O2S/c1-21-7-4-2-3-6(5-7)10-8-9(15)11(12(16)20)22-13(8)19-14(17)18-10/h2-5H,15H2,1H3,(H2,16,20)(H2,17,18,19). The van der Waals surface area contributed by atoms with Crippen molar-refractivity contribution in [2.45, 2.75) is 0 Å². The molecule has 22 heavy (non-hydrogen) atoms. The number of primary amides is 1.